The molecule has 0 aromatic rings. The average Bonchev–Trinajstić information content (AvgIpc) is 3.00. The molecular weight excluding hydrogens is 240 g/mol. The van der Waals surface area contributed by atoms with E-state index in [0.29, 0.717) is 0 Å². The lowest BCUT2D eigenvalue weighted by Crippen LogP contribution is -2.40. The van der Waals surface area contributed by atoms with Crippen LogP contribution in [0.25, 0.3) is 0 Å². The van der Waals surface area contributed by atoms with Crippen molar-refractivity contribution < 1.29 is 0 Å². The molecule has 4 atom stereocenters. The predicted octanol–water partition coefficient (Wildman–Crippen LogP) is 2.45. The fourth-order valence-electron chi connectivity index (χ4n) is 4.27. The number of nitrogens with one attached hydrogen (secondary N) is 1. The molecule has 2 aliphatic carbocycles. The number of hydrogen-bond acceptors (Lipinski definition) is 3. The summed E-state index contributed by atoms with van der Waals surface area (Å²) in [5.41, 5.74) is 0. The first-order valence-electron chi connectivity index (χ1n) is 7.81. The topological polar surface area (TPSA) is 15.3 Å². The zero-order valence-electron chi connectivity index (χ0n) is 11.7. The molecule has 3 rings (SSSR count). The van der Waals surface area contributed by atoms with Crippen molar-refractivity contribution in [1.29, 1.82) is 0 Å². The van der Waals surface area contributed by atoms with Crippen LogP contribution in [0.3, 0.4) is 0 Å². The maximum atomic E-state index is 3.65. The van der Waals surface area contributed by atoms with Gasteiger partial charge < -0.3 is 10.2 Å². The molecule has 2 nitrogen and oxygen atoms in total. The van der Waals surface area contributed by atoms with Crippen LogP contribution in [0.2, 0.25) is 0 Å². The molecule has 1 N–H and O–H groups in total. The van der Waals surface area contributed by atoms with Gasteiger partial charge in [-0.05, 0) is 57.0 Å². The lowest BCUT2D eigenvalue weighted by atomic mass is 9.88. The highest BCUT2D eigenvalue weighted by Crippen LogP contribution is 2.48. The molecule has 3 heteroatoms. The molecule has 1 saturated heterocycles. The molecule has 4 unspecified atom stereocenters. The molecule has 3 aliphatic rings. The van der Waals surface area contributed by atoms with Crippen LogP contribution in [-0.2, 0) is 0 Å². The van der Waals surface area contributed by atoms with Crippen LogP contribution in [0.15, 0.2) is 0 Å². The molecule has 3 fully saturated rings. The summed E-state index contributed by atoms with van der Waals surface area (Å²) >= 11 is 2.12. The van der Waals surface area contributed by atoms with Crippen LogP contribution in [0.1, 0.15) is 32.1 Å². The molecular formula is C15H28N2S. The Bertz CT molecular complexity index is 265. The maximum absolute atomic E-state index is 3.65. The van der Waals surface area contributed by atoms with Gasteiger partial charge in [0.2, 0.25) is 0 Å². The van der Waals surface area contributed by atoms with Crippen LogP contribution in [-0.4, -0.2) is 49.1 Å². The predicted molar refractivity (Wildman–Crippen MR) is 80.2 cm³/mol. The van der Waals surface area contributed by atoms with Gasteiger partial charge >= 0.3 is 0 Å². The lowest BCUT2D eigenvalue weighted by Gasteiger charge is -2.29. The second-order valence-electron chi connectivity index (χ2n) is 6.71. The van der Waals surface area contributed by atoms with Crippen molar-refractivity contribution in [3.05, 3.63) is 0 Å². The Kier molecular flexibility index (Phi) is 4.53. The first-order valence-corrected chi connectivity index (χ1v) is 8.96. The molecule has 2 bridgehead atoms. The van der Waals surface area contributed by atoms with Crippen molar-refractivity contribution in [3.63, 3.8) is 0 Å². The normalized spacial score (nSPS) is 39.7. The smallest absolute Gasteiger partial charge is 0.0170 e. The SMILES string of the molecule is CN(CCC1CSCCN1)CC1CC2CCC1C2. The highest BCUT2D eigenvalue weighted by atomic mass is 32.2. The fourth-order valence-corrected chi connectivity index (χ4v) is 5.27. The van der Waals surface area contributed by atoms with Gasteiger partial charge in [-0.2, -0.15) is 11.8 Å². The van der Waals surface area contributed by atoms with E-state index in [9.17, 15) is 0 Å². The van der Waals surface area contributed by atoms with Gasteiger partial charge in [0.25, 0.3) is 0 Å². The van der Waals surface area contributed by atoms with Gasteiger partial charge in [0.15, 0.2) is 0 Å². The summed E-state index contributed by atoms with van der Waals surface area (Å²) in [4.78, 5) is 2.60. The summed E-state index contributed by atoms with van der Waals surface area (Å²) in [5.74, 6) is 5.84. The monoisotopic (exact) mass is 268 g/mol. The number of thioether (sulfide) groups is 1. The molecule has 1 aliphatic heterocycles. The Morgan fingerprint density at radius 1 is 1.28 bits per heavy atom. The van der Waals surface area contributed by atoms with E-state index in [2.05, 4.69) is 29.0 Å². The summed E-state index contributed by atoms with van der Waals surface area (Å²) in [6, 6.07) is 0.770. The number of rotatable bonds is 5. The van der Waals surface area contributed by atoms with Crippen LogP contribution in [0.4, 0.5) is 0 Å². The van der Waals surface area contributed by atoms with Crippen molar-refractivity contribution in [1.82, 2.24) is 10.2 Å². The molecule has 2 saturated carbocycles. The molecule has 0 amide bonds. The number of nitrogens with zero attached hydrogens (tertiary/aromatic N) is 1. The minimum absolute atomic E-state index is 0.770. The quantitative estimate of drug-likeness (QED) is 0.824. The van der Waals surface area contributed by atoms with Crippen LogP contribution in [0.5, 0.6) is 0 Å². The first-order chi connectivity index (χ1) is 8.81. The third-order valence-electron chi connectivity index (χ3n) is 5.29. The number of hydrogen-bond donors (Lipinski definition) is 1. The van der Waals surface area contributed by atoms with E-state index >= 15 is 0 Å². The Morgan fingerprint density at radius 2 is 2.22 bits per heavy atom. The van der Waals surface area contributed by atoms with Gasteiger partial charge in [-0.15, -0.1) is 0 Å². The van der Waals surface area contributed by atoms with Crippen LogP contribution < -0.4 is 5.32 Å². The molecule has 0 radical (unpaired) electrons. The van der Waals surface area contributed by atoms with Crippen molar-refractivity contribution in [2.75, 3.05) is 38.2 Å². The minimum atomic E-state index is 0.770. The van der Waals surface area contributed by atoms with E-state index < -0.39 is 0 Å². The van der Waals surface area contributed by atoms with Crippen LogP contribution in [0, 0.1) is 17.8 Å². The fraction of sp³-hybridized carbons (Fsp3) is 1.00. The zero-order valence-corrected chi connectivity index (χ0v) is 12.6. The second kappa shape index (κ2) is 6.15. The van der Waals surface area contributed by atoms with Gasteiger partial charge in [-0.25, -0.2) is 0 Å². The second-order valence-corrected chi connectivity index (χ2v) is 7.86. The number of fused-ring (bicyclic) bond motifs is 2. The van der Waals surface area contributed by atoms with E-state index in [-0.39, 0.29) is 0 Å². The van der Waals surface area contributed by atoms with Crippen molar-refractivity contribution in [2.45, 2.75) is 38.1 Å². The summed E-state index contributed by atoms with van der Waals surface area (Å²) in [6.45, 7) is 3.86. The van der Waals surface area contributed by atoms with E-state index in [4.69, 9.17) is 0 Å². The summed E-state index contributed by atoms with van der Waals surface area (Å²) in [6.07, 6.45) is 7.49. The molecule has 18 heavy (non-hydrogen) atoms. The molecule has 1 heterocycles. The van der Waals surface area contributed by atoms with Gasteiger partial charge in [0.1, 0.15) is 0 Å². The Balaban J connectivity index is 1.35. The molecule has 0 aromatic carbocycles. The van der Waals surface area contributed by atoms with Crippen LogP contribution >= 0.6 is 11.8 Å². The molecule has 104 valence electrons. The standard InChI is InChI=1S/C15H28N2S/c1-17(6-4-15-11-18-7-5-16-15)10-14-9-12-2-3-13(14)8-12/h12-16H,2-11H2,1H3. The largest absolute Gasteiger partial charge is 0.312 e. The highest BCUT2D eigenvalue weighted by molar-refractivity contribution is 7.99. The average molecular weight is 268 g/mol. The molecule has 0 aromatic heterocycles. The van der Waals surface area contributed by atoms with Gasteiger partial charge in [0, 0.05) is 30.6 Å². The Morgan fingerprint density at radius 3 is 2.89 bits per heavy atom. The van der Waals surface area contributed by atoms with E-state index in [1.54, 1.807) is 6.42 Å². The maximum Gasteiger partial charge on any atom is 0.0170 e. The Hall–Kier alpha value is 0.270. The van der Waals surface area contributed by atoms with E-state index in [1.807, 2.05) is 0 Å². The van der Waals surface area contributed by atoms with Gasteiger partial charge in [0.05, 0.1) is 0 Å². The van der Waals surface area contributed by atoms with Gasteiger partial charge in [-0.1, -0.05) is 6.42 Å². The van der Waals surface area contributed by atoms with Crippen molar-refractivity contribution >= 4 is 11.8 Å². The molecule has 0 spiro atoms. The van der Waals surface area contributed by atoms with E-state index in [0.717, 1.165) is 23.8 Å². The minimum Gasteiger partial charge on any atom is -0.312 e. The first kappa shape index (κ1) is 13.3. The lowest BCUT2D eigenvalue weighted by molar-refractivity contribution is 0.213. The Labute approximate surface area is 116 Å². The van der Waals surface area contributed by atoms with Crippen molar-refractivity contribution in [2.24, 2.45) is 17.8 Å². The summed E-state index contributed by atoms with van der Waals surface area (Å²) in [5, 5.41) is 3.65. The van der Waals surface area contributed by atoms with Crippen molar-refractivity contribution in [3.8, 4) is 0 Å². The third kappa shape index (κ3) is 3.23. The third-order valence-corrected chi connectivity index (χ3v) is 6.42. The summed E-state index contributed by atoms with van der Waals surface area (Å²) in [7, 11) is 2.34. The van der Waals surface area contributed by atoms with E-state index in [1.165, 1.54) is 56.8 Å². The van der Waals surface area contributed by atoms with Gasteiger partial charge in [-0.3, -0.25) is 0 Å². The summed E-state index contributed by atoms with van der Waals surface area (Å²) < 4.78 is 0. The zero-order chi connectivity index (χ0) is 12.4. The highest BCUT2D eigenvalue weighted by Gasteiger charge is 2.39.